The Kier molecular flexibility index (Phi) is 3.94. The number of halogens is 3. The van der Waals surface area contributed by atoms with Gasteiger partial charge in [0.15, 0.2) is 5.58 Å². The summed E-state index contributed by atoms with van der Waals surface area (Å²) in [6.45, 7) is -1.12. The van der Waals surface area contributed by atoms with Crippen molar-refractivity contribution in [1.29, 1.82) is 0 Å². The van der Waals surface area contributed by atoms with E-state index in [0.29, 0.717) is 16.7 Å². The summed E-state index contributed by atoms with van der Waals surface area (Å²) in [7, 11) is 0. The maximum Gasteiger partial charge on any atom is 0.394 e. The number of carboxylic acid groups (broad SMARTS) is 1. The highest BCUT2D eigenvalue weighted by Crippen LogP contribution is 2.38. The number of para-hydroxylation sites is 1. The molecule has 128 valence electrons. The van der Waals surface area contributed by atoms with Gasteiger partial charge in [-0.3, -0.25) is 9.59 Å². The summed E-state index contributed by atoms with van der Waals surface area (Å²) in [5.74, 6) is -5.87. The number of nitrogens with zero attached hydrogens (tertiary/aromatic N) is 2. The van der Waals surface area contributed by atoms with Crippen molar-refractivity contribution in [2.75, 3.05) is 13.1 Å². The van der Waals surface area contributed by atoms with E-state index < -0.39 is 43.0 Å². The fourth-order valence-corrected chi connectivity index (χ4v) is 2.91. The number of amides is 1. The molecule has 1 aliphatic heterocycles. The molecule has 24 heavy (non-hydrogen) atoms. The van der Waals surface area contributed by atoms with E-state index >= 15 is 0 Å². The van der Waals surface area contributed by atoms with Crippen molar-refractivity contribution in [3.63, 3.8) is 0 Å². The Morgan fingerprint density at radius 1 is 1.29 bits per heavy atom. The summed E-state index contributed by atoms with van der Waals surface area (Å²) in [5, 5.41) is 13.4. The van der Waals surface area contributed by atoms with Crippen molar-refractivity contribution in [2.45, 2.75) is 12.6 Å². The third kappa shape index (κ3) is 2.93. The highest BCUT2D eigenvalue weighted by molar-refractivity contribution is 5.87. The smallest absolute Gasteiger partial charge is 0.394 e. The van der Waals surface area contributed by atoms with Crippen molar-refractivity contribution < 1.29 is 32.4 Å². The number of hydrogen-bond acceptors (Lipinski definition) is 4. The van der Waals surface area contributed by atoms with Gasteiger partial charge in [0.1, 0.15) is 5.69 Å². The molecule has 0 radical (unpaired) electrons. The first-order valence-corrected chi connectivity index (χ1v) is 7.18. The fourth-order valence-electron chi connectivity index (χ4n) is 2.91. The zero-order chi connectivity index (χ0) is 17.5. The van der Waals surface area contributed by atoms with Crippen LogP contribution in [0.15, 0.2) is 28.8 Å². The quantitative estimate of drug-likeness (QED) is 0.923. The van der Waals surface area contributed by atoms with Gasteiger partial charge in [0.2, 0.25) is 5.91 Å². The zero-order valence-electron chi connectivity index (χ0n) is 12.3. The molecule has 0 aliphatic carbocycles. The number of hydrogen-bond donors (Lipinski definition) is 1. The Bertz CT molecular complexity index is 786. The summed E-state index contributed by atoms with van der Waals surface area (Å²) < 4.78 is 43.9. The molecule has 6 nitrogen and oxygen atoms in total. The minimum Gasteiger partial charge on any atom is -0.481 e. The van der Waals surface area contributed by atoms with Crippen LogP contribution < -0.4 is 0 Å². The molecule has 2 atom stereocenters. The number of aliphatic carboxylic acids is 1. The number of likely N-dealkylation sites (tertiary alicyclic amines) is 1. The number of rotatable bonds is 3. The van der Waals surface area contributed by atoms with Crippen LogP contribution in [0.25, 0.3) is 11.0 Å². The van der Waals surface area contributed by atoms with E-state index in [1.54, 1.807) is 24.3 Å². The van der Waals surface area contributed by atoms with Crippen molar-refractivity contribution in [1.82, 2.24) is 10.1 Å². The summed E-state index contributed by atoms with van der Waals surface area (Å²) in [6, 6.07) is 6.80. The third-order valence-electron chi connectivity index (χ3n) is 4.18. The minimum atomic E-state index is -4.67. The molecule has 1 saturated heterocycles. The lowest BCUT2D eigenvalue weighted by Crippen LogP contribution is -2.34. The second kappa shape index (κ2) is 5.81. The normalized spacial score (nSPS) is 21.4. The Balaban J connectivity index is 1.77. The zero-order valence-corrected chi connectivity index (χ0v) is 12.3. The van der Waals surface area contributed by atoms with Gasteiger partial charge in [-0.05, 0) is 12.1 Å². The van der Waals surface area contributed by atoms with Crippen LogP contribution in [-0.2, 0) is 16.0 Å². The number of aromatic nitrogens is 1. The van der Waals surface area contributed by atoms with E-state index in [1.165, 1.54) is 0 Å². The van der Waals surface area contributed by atoms with Gasteiger partial charge in [-0.25, -0.2) is 0 Å². The molecule has 1 amide bonds. The van der Waals surface area contributed by atoms with E-state index in [-0.39, 0.29) is 6.42 Å². The largest absolute Gasteiger partial charge is 0.481 e. The lowest BCUT2D eigenvalue weighted by molar-refractivity contribution is -0.188. The van der Waals surface area contributed by atoms with Gasteiger partial charge in [-0.2, -0.15) is 13.2 Å². The maximum atomic E-state index is 13.0. The van der Waals surface area contributed by atoms with Crippen LogP contribution in [0, 0.1) is 11.8 Å². The Morgan fingerprint density at radius 2 is 2.00 bits per heavy atom. The summed E-state index contributed by atoms with van der Waals surface area (Å²) >= 11 is 0. The van der Waals surface area contributed by atoms with Gasteiger partial charge in [0.05, 0.1) is 18.3 Å². The SMILES string of the molecule is O=C(O)[C@@H]1CN(C(=O)Cc2noc3ccccc23)C[C@H]1C(F)(F)F. The molecule has 1 aromatic carbocycles. The van der Waals surface area contributed by atoms with Crippen LogP contribution >= 0.6 is 0 Å². The van der Waals surface area contributed by atoms with Gasteiger partial charge in [-0.15, -0.1) is 0 Å². The van der Waals surface area contributed by atoms with Gasteiger partial charge >= 0.3 is 12.1 Å². The number of fused-ring (bicyclic) bond motifs is 1. The van der Waals surface area contributed by atoms with Crippen LogP contribution in [0.2, 0.25) is 0 Å². The molecular weight excluding hydrogens is 329 g/mol. The van der Waals surface area contributed by atoms with Crippen LogP contribution in [0.3, 0.4) is 0 Å². The van der Waals surface area contributed by atoms with E-state index in [9.17, 15) is 22.8 Å². The highest BCUT2D eigenvalue weighted by atomic mass is 19.4. The Labute approximate surface area is 133 Å². The minimum absolute atomic E-state index is 0.242. The maximum absolute atomic E-state index is 13.0. The Hall–Kier alpha value is -2.58. The van der Waals surface area contributed by atoms with Crippen LogP contribution in [0.5, 0.6) is 0 Å². The molecule has 2 aromatic rings. The molecule has 0 saturated carbocycles. The van der Waals surface area contributed by atoms with Gasteiger partial charge in [0.25, 0.3) is 0 Å². The molecule has 1 N–H and O–H groups in total. The van der Waals surface area contributed by atoms with Crippen molar-refractivity contribution in [2.24, 2.45) is 11.8 Å². The molecular formula is C15H13F3N2O4. The highest BCUT2D eigenvalue weighted by Gasteiger charge is 2.53. The van der Waals surface area contributed by atoms with Crippen LogP contribution in [-0.4, -0.2) is 46.3 Å². The number of benzene rings is 1. The van der Waals surface area contributed by atoms with Crippen molar-refractivity contribution in [3.8, 4) is 0 Å². The molecule has 0 bridgehead atoms. The second-order valence-electron chi connectivity index (χ2n) is 5.69. The number of carbonyl (C=O) groups excluding carboxylic acids is 1. The first-order valence-electron chi connectivity index (χ1n) is 7.18. The molecule has 0 spiro atoms. The average molecular weight is 342 g/mol. The third-order valence-corrected chi connectivity index (χ3v) is 4.18. The number of carboxylic acids is 1. The van der Waals surface area contributed by atoms with E-state index in [1.807, 2.05) is 0 Å². The number of alkyl halides is 3. The van der Waals surface area contributed by atoms with Gasteiger partial charge < -0.3 is 14.5 Å². The van der Waals surface area contributed by atoms with E-state index in [4.69, 9.17) is 9.63 Å². The fraction of sp³-hybridized carbons (Fsp3) is 0.400. The standard InChI is InChI=1S/C15H13F3N2O4/c16-15(17,18)10-7-20(6-9(10)14(22)23)13(21)5-11-8-3-1-2-4-12(8)24-19-11/h1-4,9-10H,5-7H2,(H,22,23)/t9-,10-/m1/s1. The Morgan fingerprint density at radius 3 is 2.62 bits per heavy atom. The molecule has 0 unspecified atom stereocenters. The van der Waals surface area contributed by atoms with Crippen molar-refractivity contribution >= 4 is 22.8 Å². The molecule has 3 rings (SSSR count). The molecule has 2 heterocycles. The lowest BCUT2D eigenvalue weighted by Gasteiger charge is -2.18. The average Bonchev–Trinajstić information content (AvgIpc) is 3.11. The van der Waals surface area contributed by atoms with E-state index in [2.05, 4.69) is 5.16 Å². The topological polar surface area (TPSA) is 83.6 Å². The van der Waals surface area contributed by atoms with Gasteiger partial charge in [-0.1, -0.05) is 17.3 Å². The molecule has 1 aromatic heterocycles. The number of carbonyl (C=O) groups is 2. The van der Waals surface area contributed by atoms with Crippen molar-refractivity contribution in [3.05, 3.63) is 30.0 Å². The monoisotopic (exact) mass is 342 g/mol. The summed E-state index contributed by atoms with van der Waals surface area (Å²) in [4.78, 5) is 24.3. The predicted molar refractivity (Wildman–Crippen MR) is 75.0 cm³/mol. The first kappa shape index (κ1) is 16.3. The van der Waals surface area contributed by atoms with Crippen LogP contribution in [0.4, 0.5) is 13.2 Å². The molecule has 1 fully saturated rings. The summed E-state index contributed by atoms with van der Waals surface area (Å²) in [6.07, 6.45) is -4.91. The van der Waals surface area contributed by atoms with E-state index in [0.717, 1.165) is 4.90 Å². The first-order chi connectivity index (χ1) is 11.3. The van der Waals surface area contributed by atoms with Crippen LogP contribution in [0.1, 0.15) is 5.69 Å². The molecule has 9 heteroatoms. The predicted octanol–water partition coefficient (Wildman–Crippen LogP) is 2.09. The second-order valence-corrected chi connectivity index (χ2v) is 5.69. The summed E-state index contributed by atoms with van der Waals surface area (Å²) in [5.41, 5.74) is 0.788. The van der Waals surface area contributed by atoms with Gasteiger partial charge in [0, 0.05) is 18.5 Å². The lowest BCUT2D eigenvalue weighted by atomic mass is 9.96. The molecule has 1 aliphatic rings.